The fraction of sp³-hybridized carbons (Fsp3) is 0.435. The van der Waals surface area contributed by atoms with E-state index in [0.717, 1.165) is 31.6 Å². The minimum atomic E-state index is 0.119. The lowest BCUT2D eigenvalue weighted by atomic mass is 10.1. The van der Waals surface area contributed by atoms with Crippen molar-refractivity contribution in [1.29, 1.82) is 0 Å². The Kier molecular flexibility index (Phi) is 8.85. The van der Waals surface area contributed by atoms with Gasteiger partial charge in [0.05, 0.1) is 6.61 Å². The molecule has 0 aromatic heterocycles. The third-order valence-electron chi connectivity index (χ3n) is 4.33. The standard InChI is InChI=1S/C23H32N2O2/c1-19-10-9-13-22(16-19)27-15-8-7-14-23(26)24-21(18-25(2)3)17-20-11-5-4-6-12-20/h4-6,9-13,16,21H,7-8,14-15,17-18H2,1-3H3,(H,24,26). The number of likely N-dealkylation sites (N-methyl/N-ethyl adjacent to an activating group) is 1. The molecule has 146 valence electrons. The van der Waals surface area contributed by atoms with Gasteiger partial charge in [-0.3, -0.25) is 4.79 Å². The summed E-state index contributed by atoms with van der Waals surface area (Å²) in [6.07, 6.45) is 3.09. The van der Waals surface area contributed by atoms with Gasteiger partial charge >= 0.3 is 0 Å². The van der Waals surface area contributed by atoms with E-state index in [1.165, 1.54) is 11.1 Å². The SMILES string of the molecule is Cc1cccc(OCCCCC(=O)NC(Cc2ccccc2)CN(C)C)c1. The van der Waals surface area contributed by atoms with Crippen LogP contribution in [0, 0.1) is 6.92 Å². The van der Waals surface area contributed by atoms with Crippen molar-refractivity contribution in [3.63, 3.8) is 0 Å². The number of amides is 1. The van der Waals surface area contributed by atoms with Crippen LogP contribution in [0.4, 0.5) is 0 Å². The van der Waals surface area contributed by atoms with Crippen LogP contribution in [0.3, 0.4) is 0 Å². The second-order valence-corrected chi connectivity index (χ2v) is 7.34. The normalized spacial score (nSPS) is 12.0. The van der Waals surface area contributed by atoms with Crippen molar-refractivity contribution in [3.8, 4) is 5.75 Å². The van der Waals surface area contributed by atoms with E-state index < -0.39 is 0 Å². The molecule has 0 aliphatic heterocycles. The number of benzene rings is 2. The summed E-state index contributed by atoms with van der Waals surface area (Å²) in [5.74, 6) is 1.02. The van der Waals surface area contributed by atoms with E-state index in [-0.39, 0.29) is 11.9 Å². The minimum Gasteiger partial charge on any atom is -0.494 e. The fourth-order valence-corrected chi connectivity index (χ4v) is 3.08. The average molecular weight is 369 g/mol. The summed E-state index contributed by atoms with van der Waals surface area (Å²) < 4.78 is 5.74. The first-order chi connectivity index (χ1) is 13.0. The number of nitrogens with one attached hydrogen (secondary N) is 1. The highest BCUT2D eigenvalue weighted by Gasteiger charge is 2.14. The molecule has 2 aromatic carbocycles. The van der Waals surface area contributed by atoms with E-state index in [9.17, 15) is 4.79 Å². The summed E-state index contributed by atoms with van der Waals surface area (Å²) in [7, 11) is 4.07. The summed E-state index contributed by atoms with van der Waals surface area (Å²) in [6.45, 7) is 3.52. The minimum absolute atomic E-state index is 0.119. The molecule has 0 heterocycles. The molecule has 2 rings (SSSR count). The maximum absolute atomic E-state index is 12.3. The highest BCUT2D eigenvalue weighted by Crippen LogP contribution is 2.13. The van der Waals surface area contributed by atoms with Crippen molar-refractivity contribution < 1.29 is 9.53 Å². The van der Waals surface area contributed by atoms with Gasteiger partial charge < -0.3 is 15.0 Å². The number of rotatable bonds is 11. The number of nitrogens with zero attached hydrogens (tertiary/aromatic N) is 1. The number of hydrogen-bond acceptors (Lipinski definition) is 3. The van der Waals surface area contributed by atoms with Gasteiger partial charge in [0.1, 0.15) is 5.75 Å². The molecule has 0 aliphatic carbocycles. The molecular formula is C23H32N2O2. The summed E-state index contributed by atoms with van der Waals surface area (Å²) in [6, 6.07) is 18.5. The van der Waals surface area contributed by atoms with Crippen LogP contribution in [0.5, 0.6) is 5.75 Å². The first-order valence-corrected chi connectivity index (χ1v) is 9.70. The Morgan fingerprint density at radius 3 is 2.56 bits per heavy atom. The first-order valence-electron chi connectivity index (χ1n) is 9.70. The molecule has 2 aromatic rings. The molecule has 0 radical (unpaired) electrons. The third kappa shape index (κ3) is 8.74. The highest BCUT2D eigenvalue weighted by atomic mass is 16.5. The van der Waals surface area contributed by atoms with Gasteiger partial charge in [0.2, 0.25) is 5.91 Å². The Morgan fingerprint density at radius 2 is 1.85 bits per heavy atom. The van der Waals surface area contributed by atoms with E-state index in [4.69, 9.17) is 4.74 Å². The van der Waals surface area contributed by atoms with Gasteiger partial charge in [-0.1, -0.05) is 42.5 Å². The summed E-state index contributed by atoms with van der Waals surface area (Å²) in [5, 5.41) is 3.19. The maximum atomic E-state index is 12.3. The summed E-state index contributed by atoms with van der Waals surface area (Å²) in [4.78, 5) is 14.4. The fourth-order valence-electron chi connectivity index (χ4n) is 3.08. The smallest absolute Gasteiger partial charge is 0.220 e. The largest absolute Gasteiger partial charge is 0.494 e. The second kappa shape index (κ2) is 11.4. The van der Waals surface area contributed by atoms with E-state index in [0.29, 0.717) is 13.0 Å². The van der Waals surface area contributed by atoms with E-state index in [1.54, 1.807) is 0 Å². The molecule has 0 aliphatic rings. The molecule has 1 amide bonds. The van der Waals surface area contributed by atoms with E-state index >= 15 is 0 Å². The van der Waals surface area contributed by atoms with Gasteiger partial charge in [-0.15, -0.1) is 0 Å². The first kappa shape index (κ1) is 21.0. The van der Waals surface area contributed by atoms with Gasteiger partial charge in [0, 0.05) is 19.0 Å². The van der Waals surface area contributed by atoms with Crippen LogP contribution in [0.1, 0.15) is 30.4 Å². The predicted octanol–water partition coefficient (Wildman–Crippen LogP) is 3.83. The Hall–Kier alpha value is -2.33. The molecule has 0 bridgehead atoms. The van der Waals surface area contributed by atoms with Crippen LogP contribution in [-0.2, 0) is 11.2 Å². The van der Waals surface area contributed by atoms with Crippen LogP contribution < -0.4 is 10.1 Å². The predicted molar refractivity (Wildman–Crippen MR) is 111 cm³/mol. The van der Waals surface area contributed by atoms with Crippen molar-refractivity contribution >= 4 is 5.91 Å². The summed E-state index contributed by atoms with van der Waals surface area (Å²) >= 11 is 0. The molecule has 0 saturated heterocycles. The molecule has 0 saturated carbocycles. The molecule has 0 spiro atoms. The number of unbranched alkanes of at least 4 members (excludes halogenated alkanes) is 1. The second-order valence-electron chi connectivity index (χ2n) is 7.34. The number of ether oxygens (including phenoxy) is 1. The molecule has 0 fully saturated rings. The Labute approximate surface area is 163 Å². The van der Waals surface area contributed by atoms with Crippen molar-refractivity contribution in [2.75, 3.05) is 27.2 Å². The topological polar surface area (TPSA) is 41.6 Å². The van der Waals surface area contributed by atoms with Gasteiger partial charge in [-0.05, 0) is 63.5 Å². The van der Waals surface area contributed by atoms with Crippen molar-refractivity contribution in [2.24, 2.45) is 0 Å². The van der Waals surface area contributed by atoms with Crippen LogP contribution in [-0.4, -0.2) is 44.1 Å². The van der Waals surface area contributed by atoms with Gasteiger partial charge in [0.15, 0.2) is 0 Å². The van der Waals surface area contributed by atoms with Crippen LogP contribution >= 0.6 is 0 Å². The van der Waals surface area contributed by atoms with Gasteiger partial charge in [-0.25, -0.2) is 0 Å². The van der Waals surface area contributed by atoms with Gasteiger partial charge in [0.25, 0.3) is 0 Å². The van der Waals surface area contributed by atoms with Crippen LogP contribution in [0.15, 0.2) is 54.6 Å². The lowest BCUT2D eigenvalue weighted by Gasteiger charge is -2.22. The molecule has 27 heavy (non-hydrogen) atoms. The number of hydrogen-bond donors (Lipinski definition) is 1. The highest BCUT2D eigenvalue weighted by molar-refractivity contribution is 5.76. The monoisotopic (exact) mass is 368 g/mol. The molecule has 1 N–H and O–H groups in total. The van der Waals surface area contributed by atoms with Crippen molar-refractivity contribution in [3.05, 3.63) is 65.7 Å². The van der Waals surface area contributed by atoms with Crippen molar-refractivity contribution in [2.45, 2.75) is 38.6 Å². The lowest BCUT2D eigenvalue weighted by molar-refractivity contribution is -0.122. The number of aryl methyl sites for hydroxylation is 1. The summed E-state index contributed by atoms with van der Waals surface area (Å²) in [5.41, 5.74) is 2.44. The lowest BCUT2D eigenvalue weighted by Crippen LogP contribution is -2.43. The van der Waals surface area contributed by atoms with Gasteiger partial charge in [-0.2, -0.15) is 0 Å². The van der Waals surface area contributed by atoms with Crippen LogP contribution in [0.25, 0.3) is 0 Å². The molecular weight excluding hydrogens is 336 g/mol. The van der Waals surface area contributed by atoms with E-state index in [2.05, 4.69) is 35.3 Å². The number of carbonyl (C=O) groups excluding carboxylic acids is 1. The zero-order valence-electron chi connectivity index (χ0n) is 16.8. The third-order valence-corrected chi connectivity index (χ3v) is 4.33. The maximum Gasteiger partial charge on any atom is 0.220 e. The molecule has 4 nitrogen and oxygen atoms in total. The molecule has 1 atom stereocenters. The molecule has 1 unspecified atom stereocenters. The zero-order chi connectivity index (χ0) is 19.5. The molecule has 4 heteroatoms. The van der Waals surface area contributed by atoms with Crippen LogP contribution in [0.2, 0.25) is 0 Å². The Bertz CT molecular complexity index is 686. The zero-order valence-corrected chi connectivity index (χ0v) is 16.8. The van der Waals surface area contributed by atoms with Crippen molar-refractivity contribution in [1.82, 2.24) is 10.2 Å². The Morgan fingerprint density at radius 1 is 1.07 bits per heavy atom. The average Bonchev–Trinajstić information content (AvgIpc) is 2.61. The van der Waals surface area contributed by atoms with E-state index in [1.807, 2.05) is 50.5 Å². The number of carbonyl (C=O) groups is 1. The quantitative estimate of drug-likeness (QED) is 0.613. The Balaban J connectivity index is 1.69.